The Bertz CT molecular complexity index is 2380. The Morgan fingerprint density at radius 3 is 1.65 bits per heavy atom. The molecular formula is C45H50N2O6S2+2. The van der Waals surface area contributed by atoms with Gasteiger partial charge in [-0.15, -0.1) is 0 Å². The van der Waals surface area contributed by atoms with Crippen molar-refractivity contribution in [1.29, 1.82) is 0 Å². The van der Waals surface area contributed by atoms with Crippen LogP contribution in [0.3, 0.4) is 0 Å². The van der Waals surface area contributed by atoms with E-state index in [-0.39, 0.29) is 11.5 Å². The Kier molecular flexibility index (Phi) is 12.0. The molecule has 3 aliphatic rings. The number of unbranched alkanes of at least 4 members (excludes halogenated alkanes) is 2. The van der Waals surface area contributed by atoms with Crippen molar-refractivity contribution in [1.82, 2.24) is 0 Å². The van der Waals surface area contributed by atoms with E-state index < -0.39 is 25.7 Å². The maximum absolute atomic E-state index is 11.7. The molecule has 10 heteroatoms. The van der Waals surface area contributed by atoms with Crippen LogP contribution < -0.4 is 0 Å². The number of rotatable bonds is 13. The van der Waals surface area contributed by atoms with Crippen molar-refractivity contribution in [3.8, 4) is 11.1 Å². The van der Waals surface area contributed by atoms with E-state index in [4.69, 9.17) is 0 Å². The molecule has 0 spiro atoms. The van der Waals surface area contributed by atoms with Crippen LogP contribution in [0.1, 0.15) is 66.3 Å². The Morgan fingerprint density at radius 1 is 0.600 bits per heavy atom. The maximum Gasteiger partial charge on any atom is 0.264 e. The second kappa shape index (κ2) is 16.5. The lowest BCUT2D eigenvalue weighted by Crippen LogP contribution is -2.26. The molecule has 6 rings (SSSR count). The van der Waals surface area contributed by atoms with Crippen LogP contribution in [0, 0.1) is 0 Å². The molecule has 8 nitrogen and oxygen atoms in total. The highest BCUT2D eigenvalue weighted by molar-refractivity contribution is 7.86. The summed E-state index contributed by atoms with van der Waals surface area (Å²) >= 11 is 0. The van der Waals surface area contributed by atoms with Gasteiger partial charge in [0.2, 0.25) is 0 Å². The van der Waals surface area contributed by atoms with E-state index in [0.29, 0.717) is 38.5 Å². The van der Waals surface area contributed by atoms with Crippen molar-refractivity contribution in [2.45, 2.75) is 43.9 Å². The highest BCUT2D eigenvalue weighted by atomic mass is 32.2. The Morgan fingerprint density at radius 2 is 1.11 bits per heavy atom. The smallest absolute Gasteiger partial charge is 0.264 e. The van der Waals surface area contributed by atoms with E-state index in [0.717, 1.165) is 67.1 Å². The maximum atomic E-state index is 11.7. The largest absolute Gasteiger partial charge is 0.286 e. The van der Waals surface area contributed by atoms with Crippen molar-refractivity contribution in [3.63, 3.8) is 0 Å². The number of fused-ring (bicyclic) bond motifs is 3. The zero-order chi connectivity index (χ0) is 39.4. The molecule has 0 aromatic heterocycles. The molecule has 0 radical (unpaired) electrons. The first-order chi connectivity index (χ1) is 26.1. The average Bonchev–Trinajstić information content (AvgIpc) is 3.41. The van der Waals surface area contributed by atoms with Gasteiger partial charge in [-0.3, -0.25) is 9.11 Å². The van der Waals surface area contributed by atoms with Crippen LogP contribution in [0.15, 0.2) is 126 Å². The van der Waals surface area contributed by atoms with Gasteiger partial charge in [-0.25, -0.2) is 9.15 Å². The molecule has 0 amide bonds. The van der Waals surface area contributed by atoms with Gasteiger partial charge < -0.3 is 0 Å². The lowest BCUT2D eigenvalue weighted by atomic mass is 9.70. The molecule has 0 atom stereocenters. The number of hydrogen-bond acceptors (Lipinski definition) is 4. The van der Waals surface area contributed by atoms with E-state index in [9.17, 15) is 25.9 Å². The number of benzene rings is 3. The highest BCUT2D eigenvalue weighted by Gasteiger charge is 2.42. The second-order valence-corrected chi connectivity index (χ2v) is 18.1. The molecule has 3 aliphatic carbocycles. The summed E-state index contributed by atoms with van der Waals surface area (Å²) in [6, 6.07) is 23.5. The van der Waals surface area contributed by atoms with Gasteiger partial charge in [-0.05, 0) is 118 Å². The third-order valence-electron chi connectivity index (χ3n) is 10.7. The van der Waals surface area contributed by atoms with Gasteiger partial charge in [0.05, 0.1) is 11.5 Å². The van der Waals surface area contributed by atoms with Crippen molar-refractivity contribution >= 4 is 43.3 Å². The molecule has 286 valence electrons. The Hall–Kier alpha value is -4.74. The summed E-state index contributed by atoms with van der Waals surface area (Å²) in [6.45, 7) is 0. The normalized spacial score (nSPS) is 15.7. The monoisotopic (exact) mass is 778 g/mol. The fraction of sp³-hybridized carbons (Fsp3) is 0.289. The molecule has 0 saturated heterocycles. The zero-order valence-electron chi connectivity index (χ0n) is 31.9. The van der Waals surface area contributed by atoms with Crippen LogP contribution in [0.5, 0.6) is 0 Å². The predicted molar refractivity (Wildman–Crippen MR) is 224 cm³/mol. The van der Waals surface area contributed by atoms with Crippen LogP contribution in [-0.4, -0.2) is 86.2 Å². The summed E-state index contributed by atoms with van der Waals surface area (Å²) in [5.41, 5.74) is 12.5. The van der Waals surface area contributed by atoms with Crippen LogP contribution in [0.2, 0.25) is 0 Å². The van der Waals surface area contributed by atoms with Crippen molar-refractivity contribution in [3.05, 3.63) is 154 Å². The first-order valence-corrected chi connectivity index (χ1v) is 21.9. The first kappa shape index (κ1) is 39.9. The van der Waals surface area contributed by atoms with Gasteiger partial charge >= 0.3 is 0 Å². The summed E-state index contributed by atoms with van der Waals surface area (Å²) in [5, 5.41) is 0. The summed E-state index contributed by atoms with van der Waals surface area (Å²) in [7, 11) is -0.135. The molecule has 0 bridgehead atoms. The van der Waals surface area contributed by atoms with Crippen LogP contribution in [0.4, 0.5) is 0 Å². The van der Waals surface area contributed by atoms with E-state index in [2.05, 4.69) is 118 Å². The van der Waals surface area contributed by atoms with Gasteiger partial charge in [0, 0.05) is 29.7 Å². The summed E-state index contributed by atoms with van der Waals surface area (Å²) < 4.78 is 69.8. The minimum Gasteiger partial charge on any atom is -0.286 e. The number of allylic oxidation sites excluding steroid dienone is 10. The quantitative estimate of drug-likeness (QED) is 0.104. The third kappa shape index (κ3) is 9.56. The minimum atomic E-state index is -4.12. The minimum absolute atomic E-state index is 0.293. The first-order valence-electron chi connectivity index (χ1n) is 18.7. The molecule has 2 N–H and O–H groups in total. The van der Waals surface area contributed by atoms with Crippen LogP contribution in [-0.2, 0) is 25.7 Å². The highest BCUT2D eigenvalue weighted by Crippen LogP contribution is 2.55. The zero-order valence-corrected chi connectivity index (χ0v) is 33.6. The molecule has 0 aliphatic heterocycles. The van der Waals surface area contributed by atoms with Gasteiger partial charge in [0.1, 0.15) is 28.2 Å². The van der Waals surface area contributed by atoms with Crippen molar-refractivity contribution < 1.29 is 35.1 Å². The average molecular weight is 779 g/mol. The van der Waals surface area contributed by atoms with Gasteiger partial charge in [0.25, 0.3) is 20.2 Å². The van der Waals surface area contributed by atoms with E-state index in [1.165, 1.54) is 0 Å². The van der Waals surface area contributed by atoms with Crippen LogP contribution in [0.25, 0.3) is 22.8 Å². The SMILES string of the molecule is C[N+](C)=C1C=CC(=Cc2ccc(C(=C3C=CC(=[N+](C)C)C=C3)c3ccc4c(c3)C(CCCCS(=O)(=O)O)(CCCCS(=O)(=O)O)c3ccccc3-4)cc2)C=C1. The van der Waals surface area contributed by atoms with E-state index in [1.54, 1.807) is 0 Å². The fourth-order valence-corrected chi connectivity index (χ4v) is 9.07. The van der Waals surface area contributed by atoms with Crippen molar-refractivity contribution in [2.75, 3.05) is 39.7 Å². The molecular weight excluding hydrogens is 729 g/mol. The lowest BCUT2D eigenvalue weighted by Gasteiger charge is -2.33. The third-order valence-corrected chi connectivity index (χ3v) is 12.3. The molecule has 0 unspecified atom stereocenters. The van der Waals surface area contributed by atoms with E-state index >= 15 is 0 Å². The summed E-state index contributed by atoms with van der Waals surface area (Å²) in [5.74, 6) is -0.647. The number of hydrogen-bond donors (Lipinski definition) is 2. The molecule has 3 aromatic rings. The second-order valence-electron chi connectivity index (χ2n) is 14.9. The van der Waals surface area contributed by atoms with E-state index in [1.807, 2.05) is 40.3 Å². The summed E-state index contributed by atoms with van der Waals surface area (Å²) in [4.78, 5) is 0. The Balaban J connectivity index is 1.45. The Labute approximate surface area is 326 Å². The molecule has 0 saturated carbocycles. The van der Waals surface area contributed by atoms with Gasteiger partial charge in [-0.2, -0.15) is 16.8 Å². The molecule has 3 aromatic carbocycles. The van der Waals surface area contributed by atoms with Gasteiger partial charge in [-0.1, -0.05) is 73.5 Å². The number of nitrogens with zero attached hydrogens (tertiary/aromatic N) is 2. The van der Waals surface area contributed by atoms with Crippen LogP contribution >= 0.6 is 0 Å². The molecule has 0 fully saturated rings. The lowest BCUT2D eigenvalue weighted by molar-refractivity contribution is -0.462. The summed E-state index contributed by atoms with van der Waals surface area (Å²) in [6.07, 6.45) is 22.0. The fourth-order valence-electron chi connectivity index (χ4n) is 7.93. The molecule has 0 heterocycles. The van der Waals surface area contributed by atoms with Crippen molar-refractivity contribution in [2.24, 2.45) is 0 Å². The van der Waals surface area contributed by atoms with Gasteiger partial charge in [0.15, 0.2) is 11.4 Å². The molecule has 55 heavy (non-hydrogen) atoms. The topological polar surface area (TPSA) is 115 Å². The predicted octanol–water partition coefficient (Wildman–Crippen LogP) is 7.93. The standard InChI is InChI=1S/C45H48N2O6S2/c1-46(2)38-22-15-34(16-23-38)31-33-13-17-35(18-14-33)44(36-19-24-39(25-20-36)47(3)4)37-21-26-41-40-11-5-6-12-42(40)45(43(41)32-37,27-7-9-29-54(48,49)50)28-8-10-30-55(51,52)53/h5-6,11-26,31-32H,7-10,27-30H2,1-4H3/p+2.